The van der Waals surface area contributed by atoms with Gasteiger partial charge in [-0.05, 0) is 38.8 Å². The topological polar surface area (TPSA) is 69.6 Å². The van der Waals surface area contributed by atoms with Gasteiger partial charge in [0.25, 0.3) is 0 Å². The Labute approximate surface area is 119 Å². The first-order valence-corrected chi connectivity index (χ1v) is 6.79. The molecule has 0 fully saturated rings. The first-order valence-electron chi connectivity index (χ1n) is 6.79. The van der Waals surface area contributed by atoms with E-state index in [1.807, 2.05) is 20.8 Å². The number of carboxylic acids is 1. The molecule has 2 amide bonds. The Kier molecular flexibility index (Phi) is 5.55. The Morgan fingerprint density at radius 3 is 2.50 bits per heavy atom. The van der Waals surface area contributed by atoms with Crippen LogP contribution in [0, 0.1) is 6.92 Å². The quantitative estimate of drug-likeness (QED) is 0.867. The summed E-state index contributed by atoms with van der Waals surface area (Å²) in [5.74, 6) is -1.05. The predicted molar refractivity (Wildman–Crippen MR) is 79.3 cm³/mol. The van der Waals surface area contributed by atoms with Crippen LogP contribution in [0.2, 0.25) is 0 Å². The van der Waals surface area contributed by atoms with E-state index < -0.39 is 5.97 Å². The number of amides is 2. The van der Waals surface area contributed by atoms with Gasteiger partial charge in [-0.15, -0.1) is 0 Å². The van der Waals surface area contributed by atoms with Crippen LogP contribution in [0.4, 0.5) is 10.5 Å². The summed E-state index contributed by atoms with van der Waals surface area (Å²) in [6.45, 7) is 8.29. The summed E-state index contributed by atoms with van der Waals surface area (Å²) in [5, 5.41) is 11.9. The molecule has 0 aliphatic rings. The molecule has 0 atom stereocenters. The number of nitrogens with one attached hydrogen (secondary N) is 1. The third-order valence-corrected chi connectivity index (χ3v) is 3.08. The highest BCUT2D eigenvalue weighted by Crippen LogP contribution is 2.21. The molecular weight excluding hydrogens is 256 g/mol. The Hall–Kier alpha value is -2.04. The minimum atomic E-state index is -1.05. The summed E-state index contributed by atoms with van der Waals surface area (Å²) in [6, 6.07) is 4.73. The summed E-state index contributed by atoms with van der Waals surface area (Å²) in [5.41, 5.74) is 1.21. The highest BCUT2D eigenvalue weighted by atomic mass is 16.4. The number of para-hydroxylation sites is 1. The Balaban J connectivity index is 3.03. The van der Waals surface area contributed by atoms with E-state index in [4.69, 9.17) is 0 Å². The molecule has 110 valence electrons. The fourth-order valence-corrected chi connectivity index (χ4v) is 2.03. The molecule has 1 rings (SSSR count). The first-order chi connectivity index (χ1) is 9.38. The van der Waals surface area contributed by atoms with Crippen molar-refractivity contribution in [1.82, 2.24) is 4.90 Å². The molecule has 1 aromatic carbocycles. The minimum absolute atomic E-state index is 0.0623. The van der Waals surface area contributed by atoms with Gasteiger partial charge in [-0.1, -0.05) is 19.1 Å². The largest absolute Gasteiger partial charge is 0.478 e. The molecule has 0 saturated carbocycles. The summed E-state index contributed by atoms with van der Waals surface area (Å²) in [7, 11) is 0. The molecule has 0 unspecified atom stereocenters. The number of anilines is 1. The van der Waals surface area contributed by atoms with Gasteiger partial charge in [0.1, 0.15) is 0 Å². The van der Waals surface area contributed by atoms with Crippen LogP contribution in [0.1, 0.15) is 43.1 Å². The van der Waals surface area contributed by atoms with Gasteiger partial charge in [0.05, 0.1) is 11.3 Å². The van der Waals surface area contributed by atoms with E-state index in [0.717, 1.165) is 12.0 Å². The molecule has 1 aromatic rings. The number of aryl methyl sites for hydroxylation is 1. The molecule has 5 heteroatoms. The summed E-state index contributed by atoms with van der Waals surface area (Å²) in [6.07, 6.45) is 0.852. The maximum atomic E-state index is 12.3. The van der Waals surface area contributed by atoms with E-state index in [1.165, 1.54) is 6.07 Å². The van der Waals surface area contributed by atoms with Crippen LogP contribution in [0.5, 0.6) is 0 Å². The molecule has 20 heavy (non-hydrogen) atoms. The van der Waals surface area contributed by atoms with Gasteiger partial charge >= 0.3 is 12.0 Å². The normalized spacial score (nSPS) is 10.4. The fraction of sp³-hybridized carbons (Fsp3) is 0.467. The molecule has 0 aromatic heterocycles. The Morgan fingerprint density at radius 1 is 1.35 bits per heavy atom. The van der Waals surface area contributed by atoms with Crippen molar-refractivity contribution >= 4 is 17.7 Å². The van der Waals surface area contributed by atoms with Gasteiger partial charge in [0.2, 0.25) is 0 Å². The lowest BCUT2D eigenvalue weighted by Crippen LogP contribution is -2.40. The molecule has 0 heterocycles. The van der Waals surface area contributed by atoms with E-state index in [-0.39, 0.29) is 17.6 Å². The third-order valence-electron chi connectivity index (χ3n) is 3.08. The smallest absolute Gasteiger partial charge is 0.337 e. The third kappa shape index (κ3) is 3.73. The van der Waals surface area contributed by atoms with Gasteiger partial charge in [0.15, 0.2) is 0 Å². The van der Waals surface area contributed by atoms with Crippen LogP contribution in [0.3, 0.4) is 0 Å². The summed E-state index contributed by atoms with van der Waals surface area (Å²) < 4.78 is 0. The van der Waals surface area contributed by atoms with Crippen molar-refractivity contribution in [2.45, 2.75) is 40.2 Å². The number of carbonyl (C=O) groups is 2. The summed E-state index contributed by atoms with van der Waals surface area (Å²) >= 11 is 0. The molecule has 0 saturated heterocycles. The number of nitrogens with zero attached hydrogens (tertiary/aromatic N) is 1. The van der Waals surface area contributed by atoms with Crippen LogP contribution in [0.15, 0.2) is 18.2 Å². The highest BCUT2D eigenvalue weighted by Gasteiger charge is 2.19. The molecule has 2 N–H and O–H groups in total. The number of rotatable bonds is 5. The molecule has 0 bridgehead atoms. The van der Waals surface area contributed by atoms with E-state index in [2.05, 4.69) is 5.32 Å². The average Bonchev–Trinajstić information content (AvgIpc) is 2.37. The molecule has 0 spiro atoms. The van der Waals surface area contributed by atoms with Crippen molar-refractivity contribution in [2.75, 3.05) is 11.9 Å². The number of hydrogen-bond acceptors (Lipinski definition) is 2. The van der Waals surface area contributed by atoms with Gasteiger partial charge in [-0.25, -0.2) is 9.59 Å². The van der Waals surface area contributed by atoms with E-state index >= 15 is 0 Å². The van der Waals surface area contributed by atoms with Crippen LogP contribution < -0.4 is 5.32 Å². The first kappa shape index (κ1) is 16.0. The maximum absolute atomic E-state index is 12.3. The lowest BCUT2D eigenvalue weighted by atomic mass is 10.1. The Morgan fingerprint density at radius 2 is 2.00 bits per heavy atom. The zero-order valence-corrected chi connectivity index (χ0v) is 12.4. The Bertz CT molecular complexity index is 498. The maximum Gasteiger partial charge on any atom is 0.337 e. The second-order valence-corrected chi connectivity index (χ2v) is 5.02. The minimum Gasteiger partial charge on any atom is -0.478 e. The van der Waals surface area contributed by atoms with Crippen LogP contribution >= 0.6 is 0 Å². The monoisotopic (exact) mass is 278 g/mol. The van der Waals surface area contributed by atoms with Gasteiger partial charge in [-0.3, -0.25) is 0 Å². The number of hydrogen-bond donors (Lipinski definition) is 2. The van der Waals surface area contributed by atoms with Crippen molar-refractivity contribution in [3.63, 3.8) is 0 Å². The number of urea groups is 1. The number of aromatic carboxylic acids is 1. The lowest BCUT2D eigenvalue weighted by Gasteiger charge is -2.27. The van der Waals surface area contributed by atoms with Gasteiger partial charge in [0, 0.05) is 12.6 Å². The van der Waals surface area contributed by atoms with Gasteiger partial charge in [-0.2, -0.15) is 0 Å². The molecule has 0 aliphatic heterocycles. The van der Waals surface area contributed by atoms with Crippen molar-refractivity contribution in [3.8, 4) is 0 Å². The van der Waals surface area contributed by atoms with Crippen LogP contribution in [-0.2, 0) is 0 Å². The molecule has 5 nitrogen and oxygen atoms in total. The zero-order valence-electron chi connectivity index (χ0n) is 12.4. The van der Waals surface area contributed by atoms with Crippen molar-refractivity contribution in [1.29, 1.82) is 0 Å². The zero-order chi connectivity index (χ0) is 15.3. The van der Waals surface area contributed by atoms with Gasteiger partial charge < -0.3 is 15.3 Å². The van der Waals surface area contributed by atoms with Crippen LogP contribution in [-0.4, -0.2) is 34.6 Å². The van der Waals surface area contributed by atoms with Crippen molar-refractivity contribution in [3.05, 3.63) is 29.3 Å². The standard InChI is InChI=1S/C15H22N2O3/c1-5-9-17(10(2)3)15(20)16-13-11(4)7-6-8-12(13)14(18)19/h6-8,10H,5,9H2,1-4H3,(H,16,20)(H,18,19). The van der Waals surface area contributed by atoms with Crippen molar-refractivity contribution < 1.29 is 14.7 Å². The number of carboxylic acid groups (broad SMARTS) is 1. The van der Waals surface area contributed by atoms with Crippen molar-refractivity contribution in [2.24, 2.45) is 0 Å². The molecular formula is C15H22N2O3. The number of carbonyl (C=O) groups excluding carboxylic acids is 1. The second kappa shape index (κ2) is 6.93. The molecule has 0 radical (unpaired) electrons. The summed E-state index contributed by atoms with van der Waals surface area (Å²) in [4.78, 5) is 25.2. The average molecular weight is 278 g/mol. The van der Waals surface area contributed by atoms with E-state index in [9.17, 15) is 14.7 Å². The SMILES string of the molecule is CCCN(C(=O)Nc1c(C)cccc1C(=O)O)C(C)C. The number of benzene rings is 1. The van der Waals surface area contributed by atoms with Crippen LogP contribution in [0.25, 0.3) is 0 Å². The van der Waals surface area contributed by atoms with E-state index in [0.29, 0.717) is 12.2 Å². The molecule has 0 aliphatic carbocycles. The van der Waals surface area contributed by atoms with E-state index in [1.54, 1.807) is 24.0 Å². The predicted octanol–water partition coefficient (Wildman–Crippen LogP) is 3.35. The second-order valence-electron chi connectivity index (χ2n) is 5.02. The highest BCUT2D eigenvalue weighted by molar-refractivity contribution is 6.01. The lowest BCUT2D eigenvalue weighted by molar-refractivity contribution is 0.0698. The fourth-order valence-electron chi connectivity index (χ4n) is 2.03.